The van der Waals surface area contributed by atoms with Gasteiger partial charge in [0.25, 0.3) is 5.91 Å². The Hall–Kier alpha value is -3.22. The lowest BCUT2D eigenvalue weighted by Crippen LogP contribution is -2.12. The number of rotatable bonds is 6. The number of oxazole rings is 1. The summed E-state index contributed by atoms with van der Waals surface area (Å²) in [6, 6.07) is 9.93. The van der Waals surface area contributed by atoms with Crippen LogP contribution in [-0.2, 0) is 0 Å². The molecule has 25 heavy (non-hydrogen) atoms. The van der Waals surface area contributed by atoms with Crippen LogP contribution < -0.4 is 20.5 Å². The number of nitrogens with one attached hydrogen (secondary N) is 2. The lowest BCUT2D eigenvalue weighted by molar-refractivity contribution is 0.102. The molecule has 130 valence electrons. The molecule has 0 bridgehead atoms. The first-order valence-corrected chi connectivity index (χ1v) is 7.94. The van der Waals surface area contributed by atoms with Gasteiger partial charge >= 0.3 is 5.76 Å². The first kappa shape index (κ1) is 16.6. The highest BCUT2D eigenvalue weighted by Gasteiger charge is 2.12. The number of hydrogen-bond donors (Lipinski definition) is 2. The highest BCUT2D eigenvalue weighted by Crippen LogP contribution is 2.29. The van der Waals surface area contributed by atoms with E-state index in [1.165, 1.54) is 0 Å². The molecule has 0 aliphatic heterocycles. The average Bonchev–Trinajstić information content (AvgIpc) is 2.96. The number of fused-ring (bicyclic) bond motifs is 1. The highest BCUT2D eigenvalue weighted by molar-refractivity contribution is 6.05. The summed E-state index contributed by atoms with van der Waals surface area (Å²) in [5, 5.41) is 2.78. The maximum Gasteiger partial charge on any atom is 0.417 e. The molecule has 0 radical (unpaired) electrons. The van der Waals surface area contributed by atoms with E-state index in [0.29, 0.717) is 47.1 Å². The molecule has 2 aromatic carbocycles. The molecule has 3 rings (SSSR count). The quantitative estimate of drug-likeness (QED) is 0.717. The Bertz CT molecular complexity index is 957. The molecular weight excluding hydrogens is 324 g/mol. The monoisotopic (exact) mass is 342 g/mol. The van der Waals surface area contributed by atoms with E-state index in [1.54, 1.807) is 36.4 Å². The molecule has 0 fully saturated rings. The van der Waals surface area contributed by atoms with Crippen LogP contribution in [0.4, 0.5) is 5.69 Å². The SMILES string of the molecule is CCOc1ccc(C(=O)Nc2ccc3oc(=O)[nH]c3c2)cc1OCC. The van der Waals surface area contributed by atoms with Gasteiger partial charge in [0.15, 0.2) is 17.1 Å². The van der Waals surface area contributed by atoms with Gasteiger partial charge in [0.2, 0.25) is 0 Å². The Morgan fingerprint density at radius 3 is 2.60 bits per heavy atom. The van der Waals surface area contributed by atoms with Crippen LogP contribution in [-0.4, -0.2) is 24.1 Å². The minimum atomic E-state index is -0.536. The number of hydrogen-bond acceptors (Lipinski definition) is 5. The second-order valence-corrected chi connectivity index (χ2v) is 5.21. The second-order valence-electron chi connectivity index (χ2n) is 5.21. The number of benzene rings is 2. The number of carbonyl (C=O) groups excluding carboxylic acids is 1. The summed E-state index contributed by atoms with van der Waals surface area (Å²) in [7, 11) is 0. The van der Waals surface area contributed by atoms with Crippen molar-refractivity contribution >= 4 is 22.7 Å². The van der Waals surface area contributed by atoms with Crippen LogP contribution in [0.1, 0.15) is 24.2 Å². The zero-order valence-corrected chi connectivity index (χ0v) is 13.9. The highest BCUT2D eigenvalue weighted by atomic mass is 16.5. The van der Waals surface area contributed by atoms with Crippen LogP contribution >= 0.6 is 0 Å². The molecule has 7 heteroatoms. The van der Waals surface area contributed by atoms with Crippen LogP contribution in [0.25, 0.3) is 11.1 Å². The Balaban J connectivity index is 1.83. The molecule has 1 heterocycles. The van der Waals surface area contributed by atoms with E-state index in [4.69, 9.17) is 13.9 Å². The van der Waals surface area contributed by atoms with E-state index in [0.717, 1.165) is 0 Å². The molecule has 7 nitrogen and oxygen atoms in total. The fourth-order valence-corrected chi connectivity index (χ4v) is 2.43. The molecular formula is C18H18N2O5. The minimum absolute atomic E-state index is 0.297. The molecule has 0 saturated carbocycles. The third-order valence-electron chi connectivity index (χ3n) is 3.48. The molecule has 1 aromatic heterocycles. The first-order chi connectivity index (χ1) is 12.1. The van der Waals surface area contributed by atoms with Gasteiger partial charge in [-0.05, 0) is 50.2 Å². The van der Waals surface area contributed by atoms with Crippen LogP contribution in [0.3, 0.4) is 0 Å². The topological polar surface area (TPSA) is 93.6 Å². The van der Waals surface area contributed by atoms with E-state index < -0.39 is 5.76 Å². The standard InChI is InChI=1S/C18H18N2O5/c1-3-23-15-7-5-11(9-16(15)24-4-2)17(21)19-12-6-8-14-13(10-12)20-18(22)25-14/h5-10H,3-4H2,1-2H3,(H,19,21)(H,20,22). The number of H-pyrrole nitrogens is 1. The smallest absolute Gasteiger partial charge is 0.417 e. The lowest BCUT2D eigenvalue weighted by atomic mass is 10.1. The fraction of sp³-hybridized carbons (Fsp3) is 0.222. The molecule has 0 atom stereocenters. The van der Waals surface area contributed by atoms with Gasteiger partial charge in [-0.25, -0.2) is 4.79 Å². The van der Waals surface area contributed by atoms with Crippen molar-refractivity contribution in [2.24, 2.45) is 0 Å². The third-order valence-corrected chi connectivity index (χ3v) is 3.48. The number of aromatic amines is 1. The molecule has 1 amide bonds. The number of aromatic nitrogens is 1. The van der Waals surface area contributed by atoms with Crippen molar-refractivity contribution in [2.75, 3.05) is 18.5 Å². The van der Waals surface area contributed by atoms with E-state index in [2.05, 4.69) is 10.3 Å². The van der Waals surface area contributed by atoms with Gasteiger partial charge in [0, 0.05) is 11.3 Å². The van der Waals surface area contributed by atoms with Crippen molar-refractivity contribution < 1.29 is 18.7 Å². The normalized spacial score (nSPS) is 10.6. The minimum Gasteiger partial charge on any atom is -0.490 e. The maximum atomic E-state index is 12.5. The number of anilines is 1. The largest absolute Gasteiger partial charge is 0.490 e. The Kier molecular flexibility index (Phi) is 4.74. The van der Waals surface area contributed by atoms with E-state index in [-0.39, 0.29) is 5.91 Å². The van der Waals surface area contributed by atoms with E-state index >= 15 is 0 Å². The van der Waals surface area contributed by atoms with E-state index in [1.807, 2.05) is 13.8 Å². The van der Waals surface area contributed by atoms with Crippen LogP contribution in [0.5, 0.6) is 11.5 Å². The molecule has 0 aliphatic rings. The average molecular weight is 342 g/mol. The first-order valence-electron chi connectivity index (χ1n) is 7.94. The predicted molar refractivity (Wildman–Crippen MR) is 93.6 cm³/mol. The Morgan fingerprint density at radius 1 is 1.08 bits per heavy atom. The lowest BCUT2D eigenvalue weighted by Gasteiger charge is -2.12. The second kappa shape index (κ2) is 7.12. The van der Waals surface area contributed by atoms with Gasteiger partial charge < -0.3 is 19.2 Å². The zero-order chi connectivity index (χ0) is 17.8. The molecule has 3 aromatic rings. The van der Waals surface area contributed by atoms with Crippen molar-refractivity contribution in [3.05, 3.63) is 52.5 Å². The van der Waals surface area contributed by atoms with Gasteiger partial charge in [-0.2, -0.15) is 0 Å². The van der Waals surface area contributed by atoms with Crippen LogP contribution in [0, 0.1) is 0 Å². The summed E-state index contributed by atoms with van der Waals surface area (Å²) < 4.78 is 16.0. The predicted octanol–water partition coefficient (Wildman–Crippen LogP) is 3.17. The number of amides is 1. The van der Waals surface area contributed by atoms with Gasteiger partial charge in [-0.3, -0.25) is 9.78 Å². The van der Waals surface area contributed by atoms with Crippen molar-refractivity contribution in [1.29, 1.82) is 0 Å². The molecule has 2 N–H and O–H groups in total. The van der Waals surface area contributed by atoms with Gasteiger partial charge in [0.05, 0.1) is 18.7 Å². The van der Waals surface area contributed by atoms with Gasteiger partial charge in [-0.1, -0.05) is 0 Å². The summed E-state index contributed by atoms with van der Waals surface area (Å²) in [5.41, 5.74) is 1.93. The van der Waals surface area contributed by atoms with Gasteiger partial charge in [0.1, 0.15) is 0 Å². The summed E-state index contributed by atoms with van der Waals surface area (Å²) in [5.74, 6) is 0.283. The Morgan fingerprint density at radius 2 is 1.84 bits per heavy atom. The van der Waals surface area contributed by atoms with Crippen molar-refractivity contribution in [3.8, 4) is 11.5 Å². The third kappa shape index (κ3) is 3.65. The number of carbonyl (C=O) groups is 1. The van der Waals surface area contributed by atoms with Gasteiger partial charge in [-0.15, -0.1) is 0 Å². The summed E-state index contributed by atoms with van der Waals surface area (Å²) in [6.45, 7) is 4.72. The van der Waals surface area contributed by atoms with Crippen molar-refractivity contribution in [2.45, 2.75) is 13.8 Å². The van der Waals surface area contributed by atoms with Crippen molar-refractivity contribution in [3.63, 3.8) is 0 Å². The summed E-state index contributed by atoms with van der Waals surface area (Å²) >= 11 is 0. The van der Waals surface area contributed by atoms with E-state index in [9.17, 15) is 9.59 Å². The maximum absolute atomic E-state index is 12.5. The molecule has 0 saturated heterocycles. The van der Waals surface area contributed by atoms with Crippen molar-refractivity contribution in [1.82, 2.24) is 4.98 Å². The fourth-order valence-electron chi connectivity index (χ4n) is 2.43. The zero-order valence-electron chi connectivity index (χ0n) is 13.9. The molecule has 0 spiro atoms. The van der Waals surface area contributed by atoms with Crippen LogP contribution in [0.15, 0.2) is 45.6 Å². The van der Waals surface area contributed by atoms with Crippen LogP contribution in [0.2, 0.25) is 0 Å². The summed E-state index contributed by atoms with van der Waals surface area (Å²) in [6.07, 6.45) is 0. The number of ether oxygens (including phenoxy) is 2. The summed E-state index contributed by atoms with van der Waals surface area (Å²) in [4.78, 5) is 26.2. The molecule has 0 aliphatic carbocycles. The Labute approximate surface area is 143 Å². The molecule has 0 unspecified atom stereocenters.